The summed E-state index contributed by atoms with van der Waals surface area (Å²) in [5.41, 5.74) is 11.1. The largest absolute Gasteiger partial charge is 0.368 e. The van der Waals surface area contributed by atoms with Gasteiger partial charge in [-0.05, 0) is 23.6 Å². The number of aromatic nitrogens is 2. The van der Waals surface area contributed by atoms with Crippen LogP contribution in [0.2, 0.25) is 0 Å². The highest BCUT2D eigenvalue weighted by Crippen LogP contribution is 2.38. The molecule has 6 nitrogen and oxygen atoms in total. The van der Waals surface area contributed by atoms with Gasteiger partial charge in [0.1, 0.15) is 22.2 Å². The van der Waals surface area contributed by atoms with Crippen LogP contribution < -0.4 is 5.73 Å². The van der Waals surface area contributed by atoms with Crippen LogP contribution >= 0.6 is 23.1 Å². The summed E-state index contributed by atoms with van der Waals surface area (Å²) in [5.74, 6) is -0.440. The molecule has 4 aromatic rings. The highest BCUT2D eigenvalue weighted by molar-refractivity contribution is 8.00. The molecule has 8 heteroatoms. The monoisotopic (exact) mass is 474 g/mol. The SMILES string of the molecule is Cc1ccc(-c2csc3ncnc(SCC(=O)N4Cc5ccccc5C[C@H]4C(N)=O)c23)cc1. The van der Waals surface area contributed by atoms with Gasteiger partial charge in [-0.15, -0.1) is 11.3 Å². The summed E-state index contributed by atoms with van der Waals surface area (Å²) in [5, 5.41) is 3.80. The molecule has 1 aliphatic heterocycles. The van der Waals surface area contributed by atoms with E-state index in [0.717, 1.165) is 37.5 Å². The second-order valence-electron chi connectivity index (χ2n) is 8.08. The van der Waals surface area contributed by atoms with Crippen molar-refractivity contribution in [1.82, 2.24) is 14.9 Å². The zero-order chi connectivity index (χ0) is 22.9. The van der Waals surface area contributed by atoms with Crippen molar-refractivity contribution in [3.05, 3.63) is 76.9 Å². The van der Waals surface area contributed by atoms with Gasteiger partial charge in [0, 0.05) is 23.9 Å². The minimum atomic E-state index is -0.636. The van der Waals surface area contributed by atoms with Crippen molar-refractivity contribution >= 4 is 45.1 Å². The molecule has 0 aliphatic carbocycles. The third-order valence-corrected chi connectivity index (χ3v) is 7.79. The number of amides is 2. The van der Waals surface area contributed by atoms with Crippen LogP contribution in [-0.2, 0) is 22.6 Å². The van der Waals surface area contributed by atoms with Crippen LogP contribution in [0, 0.1) is 6.92 Å². The average molecular weight is 475 g/mol. The fourth-order valence-electron chi connectivity index (χ4n) is 4.15. The van der Waals surface area contributed by atoms with Crippen LogP contribution in [-0.4, -0.2) is 38.5 Å². The normalized spacial score (nSPS) is 15.4. The van der Waals surface area contributed by atoms with E-state index >= 15 is 0 Å². The first-order valence-corrected chi connectivity index (χ1v) is 12.5. The Hall–Kier alpha value is -3.23. The Morgan fingerprint density at radius 3 is 2.64 bits per heavy atom. The van der Waals surface area contributed by atoms with Gasteiger partial charge in [-0.2, -0.15) is 0 Å². The molecule has 0 spiro atoms. The first-order valence-electron chi connectivity index (χ1n) is 10.6. The molecule has 33 heavy (non-hydrogen) atoms. The Labute approximate surface area is 199 Å². The topological polar surface area (TPSA) is 89.2 Å². The Balaban J connectivity index is 1.40. The predicted molar refractivity (Wildman–Crippen MR) is 132 cm³/mol. The lowest BCUT2D eigenvalue weighted by atomic mass is 9.93. The quantitative estimate of drug-likeness (QED) is 0.346. The molecule has 2 aromatic heterocycles. The van der Waals surface area contributed by atoms with Gasteiger partial charge >= 0.3 is 0 Å². The van der Waals surface area contributed by atoms with Crippen LogP contribution in [0.5, 0.6) is 0 Å². The number of nitrogens with zero attached hydrogens (tertiary/aromatic N) is 3. The molecule has 2 amide bonds. The third kappa shape index (κ3) is 4.24. The Morgan fingerprint density at radius 2 is 1.88 bits per heavy atom. The first-order chi connectivity index (χ1) is 16.0. The Bertz CT molecular complexity index is 1350. The fourth-order valence-corrected chi connectivity index (χ4v) is 6.03. The minimum absolute atomic E-state index is 0.128. The van der Waals surface area contributed by atoms with Crippen LogP contribution in [0.3, 0.4) is 0 Å². The van der Waals surface area contributed by atoms with E-state index in [2.05, 4.69) is 46.5 Å². The average Bonchev–Trinajstić information content (AvgIpc) is 3.27. The summed E-state index contributed by atoms with van der Waals surface area (Å²) in [6, 6.07) is 15.6. The Morgan fingerprint density at radius 1 is 1.12 bits per heavy atom. The molecule has 0 fully saturated rings. The standard InChI is InChI=1S/C25H22N4O2S2/c1-15-6-8-16(9-7-15)19-12-32-24-22(19)25(28-14-27-24)33-13-21(30)29-11-18-5-3-2-4-17(18)10-20(29)23(26)31/h2-9,12,14,20H,10-11,13H2,1H3,(H2,26,31)/t20-/m0/s1. The maximum absolute atomic E-state index is 13.2. The van der Waals surface area contributed by atoms with Crippen LogP contribution in [0.4, 0.5) is 0 Å². The lowest BCUT2D eigenvalue weighted by molar-refractivity contribution is -0.138. The van der Waals surface area contributed by atoms with E-state index in [1.807, 2.05) is 24.3 Å². The number of benzene rings is 2. The molecule has 1 aliphatic rings. The lowest BCUT2D eigenvalue weighted by Gasteiger charge is -2.35. The van der Waals surface area contributed by atoms with Crippen LogP contribution in [0.15, 0.2) is 65.3 Å². The summed E-state index contributed by atoms with van der Waals surface area (Å²) < 4.78 is 0. The molecular formula is C25H22N4O2S2. The highest BCUT2D eigenvalue weighted by atomic mass is 32.2. The van der Waals surface area contributed by atoms with Gasteiger partial charge in [-0.25, -0.2) is 9.97 Å². The Kier molecular flexibility index (Phi) is 5.86. The van der Waals surface area contributed by atoms with E-state index in [4.69, 9.17) is 5.73 Å². The lowest BCUT2D eigenvalue weighted by Crippen LogP contribution is -2.51. The summed E-state index contributed by atoms with van der Waals surface area (Å²) >= 11 is 2.94. The number of primary amides is 1. The van der Waals surface area contributed by atoms with Crippen molar-refractivity contribution in [2.24, 2.45) is 5.73 Å². The van der Waals surface area contributed by atoms with Crippen molar-refractivity contribution in [3.8, 4) is 11.1 Å². The highest BCUT2D eigenvalue weighted by Gasteiger charge is 2.33. The molecule has 0 saturated heterocycles. The van der Waals surface area contributed by atoms with Gasteiger partial charge in [0.15, 0.2) is 0 Å². The molecule has 166 valence electrons. The smallest absolute Gasteiger partial charge is 0.240 e. The molecule has 3 heterocycles. The number of rotatable bonds is 5. The summed E-state index contributed by atoms with van der Waals surface area (Å²) in [4.78, 5) is 36.7. The van der Waals surface area contributed by atoms with E-state index in [-0.39, 0.29) is 11.7 Å². The number of hydrogen-bond donors (Lipinski definition) is 1. The molecule has 0 bridgehead atoms. The third-order valence-electron chi connectivity index (χ3n) is 5.93. The van der Waals surface area contributed by atoms with Gasteiger partial charge in [0.25, 0.3) is 0 Å². The second kappa shape index (κ2) is 8.96. The molecule has 5 rings (SSSR count). The van der Waals surface area contributed by atoms with E-state index in [9.17, 15) is 9.59 Å². The van der Waals surface area contributed by atoms with Gasteiger partial charge in [0.05, 0.1) is 11.1 Å². The molecule has 0 radical (unpaired) electrons. The number of carbonyl (C=O) groups is 2. The van der Waals surface area contributed by atoms with Crippen molar-refractivity contribution in [2.45, 2.75) is 31.0 Å². The van der Waals surface area contributed by atoms with Crippen molar-refractivity contribution < 1.29 is 9.59 Å². The number of nitrogens with two attached hydrogens (primary N) is 1. The van der Waals surface area contributed by atoms with Gasteiger partial charge in [-0.3, -0.25) is 9.59 Å². The molecule has 2 aromatic carbocycles. The molecule has 2 N–H and O–H groups in total. The van der Waals surface area contributed by atoms with Gasteiger partial charge in [0.2, 0.25) is 11.8 Å². The molecule has 0 unspecified atom stereocenters. The van der Waals surface area contributed by atoms with Gasteiger partial charge < -0.3 is 10.6 Å². The van der Waals surface area contributed by atoms with E-state index in [1.54, 1.807) is 16.2 Å². The maximum atomic E-state index is 13.2. The maximum Gasteiger partial charge on any atom is 0.240 e. The molecular weight excluding hydrogens is 452 g/mol. The number of thioether (sulfide) groups is 1. The zero-order valence-corrected chi connectivity index (χ0v) is 19.7. The number of carbonyl (C=O) groups excluding carboxylic acids is 2. The summed E-state index contributed by atoms with van der Waals surface area (Å²) in [6.45, 7) is 2.44. The van der Waals surface area contributed by atoms with E-state index in [0.29, 0.717) is 13.0 Å². The first kappa shape index (κ1) is 21.6. The minimum Gasteiger partial charge on any atom is -0.368 e. The number of hydrogen-bond acceptors (Lipinski definition) is 6. The summed E-state index contributed by atoms with van der Waals surface area (Å²) in [6.07, 6.45) is 1.98. The van der Waals surface area contributed by atoms with Crippen molar-refractivity contribution in [1.29, 1.82) is 0 Å². The number of aryl methyl sites for hydroxylation is 1. The second-order valence-corrected chi connectivity index (χ2v) is 9.90. The zero-order valence-electron chi connectivity index (χ0n) is 18.0. The fraction of sp³-hybridized carbons (Fsp3) is 0.200. The van der Waals surface area contributed by atoms with E-state index < -0.39 is 11.9 Å². The predicted octanol–water partition coefficient (Wildman–Crippen LogP) is 4.20. The summed E-state index contributed by atoms with van der Waals surface area (Å²) in [7, 11) is 0. The van der Waals surface area contributed by atoms with Gasteiger partial charge in [-0.1, -0.05) is 65.9 Å². The number of fused-ring (bicyclic) bond motifs is 2. The van der Waals surface area contributed by atoms with Crippen LogP contribution in [0.25, 0.3) is 21.3 Å². The number of thiophene rings is 1. The van der Waals surface area contributed by atoms with Crippen LogP contribution in [0.1, 0.15) is 16.7 Å². The van der Waals surface area contributed by atoms with Crippen molar-refractivity contribution in [3.63, 3.8) is 0 Å². The molecule has 0 saturated carbocycles. The van der Waals surface area contributed by atoms with E-state index in [1.165, 1.54) is 23.7 Å². The van der Waals surface area contributed by atoms with Crippen molar-refractivity contribution in [2.75, 3.05) is 5.75 Å². The molecule has 1 atom stereocenters.